The Morgan fingerprint density at radius 2 is 1.19 bits per heavy atom. The zero-order chi connectivity index (χ0) is 37.9. The van der Waals surface area contributed by atoms with E-state index in [9.17, 15) is 0 Å². The van der Waals surface area contributed by atoms with Crippen LogP contribution in [0.3, 0.4) is 0 Å². The van der Waals surface area contributed by atoms with Crippen LogP contribution in [0.4, 0.5) is 17.1 Å². The molecule has 0 saturated carbocycles. The zero-order valence-electron chi connectivity index (χ0n) is 33.6. The first kappa shape index (κ1) is 34.9. The highest BCUT2D eigenvalue weighted by Gasteiger charge is 2.56. The van der Waals surface area contributed by atoms with Crippen LogP contribution in [0.15, 0.2) is 121 Å². The lowest BCUT2D eigenvalue weighted by molar-refractivity contribution is 0.483. The number of ether oxygens (including phenoxy) is 1. The van der Waals surface area contributed by atoms with Crippen LogP contribution in [0.1, 0.15) is 90.5 Å². The molecule has 0 radical (unpaired) electrons. The van der Waals surface area contributed by atoms with E-state index in [4.69, 9.17) is 4.74 Å². The smallest absolute Gasteiger partial charge is 0.256 e. The average molecular weight is 722 g/mol. The third-order valence-corrected chi connectivity index (χ3v) is 17.6. The summed E-state index contributed by atoms with van der Waals surface area (Å²) in [5.41, 5.74) is 13.1. The van der Waals surface area contributed by atoms with Crippen molar-refractivity contribution in [3.8, 4) is 11.5 Å². The summed E-state index contributed by atoms with van der Waals surface area (Å²) in [5, 5.41) is 5.77. The summed E-state index contributed by atoms with van der Waals surface area (Å²) in [7, 11) is -2.90. The molecule has 4 heteroatoms. The number of aryl methyl sites for hydroxylation is 1. The standard InChI is InChI=1S/C50H52BNOSi/c1-31(2)33(4)34-26-35(49(5,6)7)28-37(27-34)52-40-22-17-23-44-47(40)51-46-41(52)24-32(3)25-42(46)53-43-29-36(50(8,9)10)30-45(48(43)51)54(44,38-18-13-11-14-19-38)39-20-15-12-16-21-39/h11-31,33H,1-10H3. The molecule has 0 aromatic heterocycles. The predicted octanol–water partition coefficient (Wildman–Crippen LogP) is 8.45. The van der Waals surface area contributed by atoms with Crippen LogP contribution in [-0.4, -0.2) is 14.8 Å². The Labute approximate surface area is 324 Å². The summed E-state index contributed by atoms with van der Waals surface area (Å²) in [6.07, 6.45) is 0. The largest absolute Gasteiger partial charge is 0.458 e. The van der Waals surface area contributed by atoms with Crippen molar-refractivity contribution in [3.05, 3.63) is 144 Å². The summed E-state index contributed by atoms with van der Waals surface area (Å²) in [6.45, 7) is 23.4. The summed E-state index contributed by atoms with van der Waals surface area (Å²) in [4.78, 5) is 2.60. The van der Waals surface area contributed by atoms with Gasteiger partial charge < -0.3 is 9.64 Å². The van der Waals surface area contributed by atoms with E-state index in [1.807, 2.05) is 0 Å². The first-order chi connectivity index (χ1) is 25.7. The maximum Gasteiger partial charge on any atom is 0.256 e. The minimum absolute atomic E-state index is 0.00761. The molecule has 1 unspecified atom stereocenters. The van der Waals surface area contributed by atoms with E-state index in [0.29, 0.717) is 11.8 Å². The lowest BCUT2D eigenvalue weighted by atomic mass is 9.33. The Hall–Kier alpha value is -4.80. The van der Waals surface area contributed by atoms with E-state index in [1.165, 1.54) is 76.5 Å². The Bertz CT molecular complexity index is 2420. The summed E-state index contributed by atoms with van der Waals surface area (Å²) < 4.78 is 7.28. The highest BCUT2D eigenvalue weighted by atomic mass is 28.3. The van der Waals surface area contributed by atoms with Crippen molar-refractivity contribution in [1.29, 1.82) is 0 Å². The molecule has 1 atom stereocenters. The molecule has 0 amide bonds. The van der Waals surface area contributed by atoms with Crippen LogP contribution >= 0.6 is 0 Å². The molecule has 0 N–H and O–H groups in total. The van der Waals surface area contributed by atoms with Crippen molar-refractivity contribution in [2.75, 3.05) is 4.90 Å². The molecule has 0 fully saturated rings. The molecule has 2 nitrogen and oxygen atoms in total. The number of anilines is 3. The van der Waals surface area contributed by atoms with Gasteiger partial charge in [-0.2, -0.15) is 0 Å². The van der Waals surface area contributed by atoms with Crippen molar-refractivity contribution < 1.29 is 4.74 Å². The molecule has 0 aliphatic carbocycles. The fraction of sp³-hybridized carbons (Fsp3) is 0.280. The third kappa shape index (κ3) is 5.05. The fourth-order valence-corrected chi connectivity index (χ4v) is 14.9. The molecule has 3 aliphatic heterocycles. The summed E-state index contributed by atoms with van der Waals surface area (Å²) in [5.74, 6) is 2.96. The summed E-state index contributed by atoms with van der Waals surface area (Å²) in [6, 6.07) is 47.2. The fourth-order valence-electron chi connectivity index (χ4n) is 9.55. The van der Waals surface area contributed by atoms with E-state index in [0.717, 1.165) is 11.5 Å². The van der Waals surface area contributed by atoms with Crippen molar-refractivity contribution in [2.24, 2.45) is 5.92 Å². The number of rotatable bonds is 5. The van der Waals surface area contributed by atoms with Gasteiger partial charge in [-0.15, -0.1) is 0 Å². The molecule has 0 spiro atoms. The molecular weight excluding hydrogens is 669 g/mol. The van der Waals surface area contributed by atoms with E-state index in [1.54, 1.807) is 0 Å². The lowest BCUT2D eigenvalue weighted by Gasteiger charge is -2.49. The topological polar surface area (TPSA) is 12.5 Å². The molecule has 3 aliphatic rings. The van der Waals surface area contributed by atoms with Gasteiger partial charge in [0.15, 0.2) is 8.07 Å². The summed E-state index contributed by atoms with van der Waals surface area (Å²) >= 11 is 0. The molecule has 6 aromatic rings. The van der Waals surface area contributed by atoms with Crippen LogP contribution in [0, 0.1) is 12.8 Å². The van der Waals surface area contributed by atoms with Gasteiger partial charge in [-0.25, -0.2) is 0 Å². The maximum absolute atomic E-state index is 7.28. The second-order valence-corrected chi connectivity index (χ2v) is 22.3. The van der Waals surface area contributed by atoms with Gasteiger partial charge in [-0.05, 0) is 125 Å². The van der Waals surface area contributed by atoms with Gasteiger partial charge in [0.05, 0.1) is 0 Å². The van der Waals surface area contributed by atoms with E-state index in [-0.39, 0.29) is 17.5 Å². The normalized spacial score (nSPS) is 15.5. The van der Waals surface area contributed by atoms with Gasteiger partial charge in [-0.3, -0.25) is 0 Å². The zero-order valence-corrected chi connectivity index (χ0v) is 34.6. The Balaban J connectivity index is 1.46. The molecule has 54 heavy (non-hydrogen) atoms. The van der Waals surface area contributed by atoms with Gasteiger partial charge >= 0.3 is 0 Å². The minimum Gasteiger partial charge on any atom is -0.458 e. The van der Waals surface area contributed by atoms with Gasteiger partial charge in [0.2, 0.25) is 0 Å². The number of nitrogens with zero attached hydrogens (tertiary/aromatic N) is 1. The number of hydrogen-bond donors (Lipinski definition) is 0. The highest BCUT2D eigenvalue weighted by Crippen LogP contribution is 2.45. The Morgan fingerprint density at radius 3 is 1.80 bits per heavy atom. The number of benzene rings is 6. The van der Waals surface area contributed by atoms with Crippen LogP contribution in [-0.2, 0) is 10.8 Å². The molecule has 6 aromatic carbocycles. The van der Waals surface area contributed by atoms with Gasteiger partial charge in [0.25, 0.3) is 6.71 Å². The van der Waals surface area contributed by atoms with Gasteiger partial charge in [-0.1, -0.05) is 147 Å². The minimum atomic E-state index is -2.90. The molecule has 9 rings (SSSR count). The first-order valence-electron chi connectivity index (χ1n) is 19.9. The van der Waals surface area contributed by atoms with E-state index < -0.39 is 8.07 Å². The van der Waals surface area contributed by atoms with Crippen molar-refractivity contribution in [3.63, 3.8) is 0 Å². The van der Waals surface area contributed by atoms with Crippen LogP contribution in [0.5, 0.6) is 11.5 Å². The monoisotopic (exact) mass is 721 g/mol. The molecule has 0 bridgehead atoms. The SMILES string of the molecule is Cc1cc2c3c(c1)N(c1cc(C(C)C(C)C)cc(C(C)(C)C)c1)c1cccc4c1B3c1c(cc(C(C)(C)C)cc1[Si]4(c1ccccc1)c1ccccc1)O2. The predicted molar refractivity (Wildman–Crippen MR) is 235 cm³/mol. The van der Waals surface area contributed by atoms with Crippen molar-refractivity contribution in [2.45, 2.75) is 86.0 Å². The maximum atomic E-state index is 7.28. The third-order valence-electron chi connectivity index (χ3n) is 12.7. The Morgan fingerprint density at radius 1 is 0.574 bits per heavy atom. The van der Waals surface area contributed by atoms with Crippen molar-refractivity contribution >= 4 is 69.0 Å². The second kappa shape index (κ2) is 12.1. The van der Waals surface area contributed by atoms with Crippen LogP contribution in [0.2, 0.25) is 0 Å². The van der Waals surface area contributed by atoms with E-state index >= 15 is 0 Å². The molecule has 0 saturated heterocycles. The molecular formula is C50H52BNOSi. The first-order valence-corrected chi connectivity index (χ1v) is 21.9. The van der Waals surface area contributed by atoms with E-state index in [2.05, 4.69) is 195 Å². The highest BCUT2D eigenvalue weighted by molar-refractivity contribution is 7.27. The van der Waals surface area contributed by atoms with Crippen LogP contribution in [0.25, 0.3) is 0 Å². The molecule has 3 heterocycles. The molecule has 270 valence electrons. The Kier molecular flexibility index (Phi) is 7.83. The quantitative estimate of drug-likeness (QED) is 0.166. The average Bonchev–Trinajstić information content (AvgIpc) is 3.14. The number of hydrogen-bond acceptors (Lipinski definition) is 2. The van der Waals surface area contributed by atoms with Crippen molar-refractivity contribution in [1.82, 2.24) is 0 Å². The van der Waals surface area contributed by atoms with Gasteiger partial charge in [0, 0.05) is 17.1 Å². The van der Waals surface area contributed by atoms with Crippen LogP contribution < -0.4 is 46.8 Å². The second-order valence-electron chi connectivity index (χ2n) is 18.6. The van der Waals surface area contributed by atoms with Gasteiger partial charge in [0.1, 0.15) is 11.5 Å². The lowest BCUT2D eigenvalue weighted by Crippen LogP contribution is -2.88.